The van der Waals surface area contributed by atoms with Gasteiger partial charge in [-0.05, 0) is 49.7 Å². The van der Waals surface area contributed by atoms with Crippen LogP contribution in [0.25, 0.3) is 27.9 Å². The predicted octanol–water partition coefficient (Wildman–Crippen LogP) is 4.37. The first kappa shape index (κ1) is 19.5. The summed E-state index contributed by atoms with van der Waals surface area (Å²) in [4.78, 5) is 24.1. The normalized spacial score (nSPS) is 24.9. The highest BCUT2D eigenvalue weighted by Gasteiger charge is 2.47. The van der Waals surface area contributed by atoms with Crippen molar-refractivity contribution in [3.8, 4) is 11.4 Å². The van der Waals surface area contributed by atoms with Gasteiger partial charge in [-0.15, -0.1) is 5.10 Å². The zero-order valence-electron chi connectivity index (χ0n) is 16.9. The molecule has 0 radical (unpaired) electrons. The first-order valence-corrected chi connectivity index (χ1v) is 11.0. The van der Waals surface area contributed by atoms with Gasteiger partial charge in [-0.25, -0.2) is 18.9 Å². The van der Waals surface area contributed by atoms with E-state index in [1.807, 2.05) is 0 Å². The third-order valence-corrected chi connectivity index (χ3v) is 7.21. The Morgan fingerprint density at radius 2 is 2.06 bits per heavy atom. The summed E-state index contributed by atoms with van der Waals surface area (Å²) in [6.07, 6.45) is 8.60. The number of carbonyl (C=O) groups is 1. The molecule has 8 nitrogen and oxygen atoms in total. The van der Waals surface area contributed by atoms with Crippen LogP contribution < -0.4 is 5.32 Å². The maximum atomic E-state index is 14.7. The fraction of sp³-hybridized carbons (Fsp3) is 0.364. The Labute approximate surface area is 186 Å². The number of carboxylic acid groups (broad SMARTS) is 1. The molecule has 3 fully saturated rings. The predicted molar refractivity (Wildman–Crippen MR) is 117 cm³/mol. The first-order chi connectivity index (χ1) is 15.5. The number of rotatable bonds is 4. The number of fused-ring (bicyclic) bond motifs is 5. The van der Waals surface area contributed by atoms with Crippen LogP contribution in [0.3, 0.4) is 0 Å². The van der Waals surface area contributed by atoms with Crippen molar-refractivity contribution in [2.75, 3.05) is 5.32 Å². The van der Waals surface area contributed by atoms with Crippen molar-refractivity contribution in [2.45, 2.75) is 31.7 Å². The zero-order chi connectivity index (χ0) is 22.0. The van der Waals surface area contributed by atoms with Crippen molar-refractivity contribution in [3.05, 3.63) is 41.6 Å². The molecule has 3 aliphatic rings. The van der Waals surface area contributed by atoms with Gasteiger partial charge < -0.3 is 15.4 Å². The maximum absolute atomic E-state index is 14.7. The number of nitrogens with zero attached hydrogens (tertiary/aromatic N) is 4. The number of aliphatic carboxylic acids is 1. The van der Waals surface area contributed by atoms with E-state index in [1.54, 1.807) is 18.5 Å². The minimum absolute atomic E-state index is 0.130. The molecule has 32 heavy (non-hydrogen) atoms. The fourth-order valence-electron chi connectivity index (χ4n) is 5.54. The quantitative estimate of drug-likeness (QED) is 0.422. The van der Waals surface area contributed by atoms with Gasteiger partial charge >= 0.3 is 5.97 Å². The number of pyridine rings is 1. The second-order valence-corrected chi connectivity index (χ2v) is 9.14. The molecule has 4 heterocycles. The van der Waals surface area contributed by atoms with E-state index in [1.165, 1.54) is 16.8 Å². The first-order valence-electron chi connectivity index (χ1n) is 10.7. The highest BCUT2D eigenvalue weighted by molar-refractivity contribution is 6.31. The van der Waals surface area contributed by atoms with E-state index in [9.17, 15) is 14.3 Å². The summed E-state index contributed by atoms with van der Waals surface area (Å²) in [6, 6.07) is 2.79. The summed E-state index contributed by atoms with van der Waals surface area (Å²) in [5.74, 6) is -0.787. The summed E-state index contributed by atoms with van der Waals surface area (Å²) in [7, 11) is 0. The summed E-state index contributed by atoms with van der Waals surface area (Å²) >= 11 is 6.14. The Balaban J connectivity index is 1.48. The summed E-state index contributed by atoms with van der Waals surface area (Å²) in [5, 5.41) is 19.0. The van der Waals surface area contributed by atoms with Crippen LogP contribution in [0, 0.1) is 23.6 Å². The molecule has 3 aliphatic carbocycles. The highest BCUT2D eigenvalue weighted by Crippen LogP contribution is 2.46. The Hall–Kier alpha value is -3.20. The van der Waals surface area contributed by atoms with Crippen molar-refractivity contribution in [2.24, 2.45) is 17.8 Å². The lowest BCUT2D eigenvalue weighted by Crippen LogP contribution is -2.51. The standard InChI is InChI=1S/C22H20ClFN6O2/c23-12-7-13-14(9-26-19(13)25-8-12)20-28-21(18-15(24)5-6-30(18)29-20)27-17-11-3-1-10(2-4-11)16(17)22(31)32/h5-11,16-17H,1-4H2,(H,25,26)(H,31,32)(H,27,28,29)/t10?,11?,16-,17-/m0/s1. The Morgan fingerprint density at radius 3 is 2.84 bits per heavy atom. The fourth-order valence-corrected chi connectivity index (χ4v) is 5.69. The molecule has 2 bridgehead atoms. The number of aromatic nitrogens is 5. The third-order valence-electron chi connectivity index (χ3n) is 7.01. The van der Waals surface area contributed by atoms with Crippen LogP contribution in [-0.2, 0) is 4.79 Å². The maximum Gasteiger partial charge on any atom is 0.308 e. The summed E-state index contributed by atoms with van der Waals surface area (Å²) < 4.78 is 16.1. The number of halogens is 2. The molecule has 0 unspecified atom stereocenters. The van der Waals surface area contributed by atoms with Gasteiger partial charge in [0.25, 0.3) is 0 Å². The van der Waals surface area contributed by atoms with Crippen LogP contribution in [0.1, 0.15) is 25.7 Å². The molecule has 4 aromatic heterocycles. The molecule has 0 aliphatic heterocycles. The van der Waals surface area contributed by atoms with Crippen LogP contribution in [0.5, 0.6) is 0 Å². The smallest absolute Gasteiger partial charge is 0.308 e. The lowest BCUT2D eigenvalue weighted by atomic mass is 9.61. The molecule has 0 saturated heterocycles. The number of hydrogen-bond donors (Lipinski definition) is 3. The van der Waals surface area contributed by atoms with Crippen LogP contribution in [0.15, 0.2) is 30.7 Å². The Kier molecular flexibility index (Phi) is 4.36. The van der Waals surface area contributed by atoms with E-state index in [0.29, 0.717) is 27.9 Å². The van der Waals surface area contributed by atoms with Crippen molar-refractivity contribution >= 4 is 39.9 Å². The number of carboxylic acids is 1. The number of aromatic amines is 1. The van der Waals surface area contributed by atoms with Gasteiger partial charge in [0.05, 0.1) is 10.9 Å². The van der Waals surface area contributed by atoms with Gasteiger partial charge in [-0.2, -0.15) is 0 Å². The van der Waals surface area contributed by atoms with Gasteiger partial charge in [-0.1, -0.05) is 11.6 Å². The van der Waals surface area contributed by atoms with Gasteiger partial charge in [-0.3, -0.25) is 4.79 Å². The van der Waals surface area contributed by atoms with E-state index in [0.717, 1.165) is 31.1 Å². The number of anilines is 1. The average Bonchev–Trinajstić information content (AvgIpc) is 3.37. The van der Waals surface area contributed by atoms with Crippen molar-refractivity contribution in [1.82, 2.24) is 24.6 Å². The molecule has 10 heteroatoms. The second-order valence-electron chi connectivity index (χ2n) is 8.70. The minimum Gasteiger partial charge on any atom is -0.481 e. The van der Waals surface area contributed by atoms with Crippen molar-refractivity contribution < 1.29 is 14.3 Å². The van der Waals surface area contributed by atoms with Gasteiger partial charge in [0.15, 0.2) is 17.5 Å². The lowest BCUT2D eigenvalue weighted by Gasteiger charge is -2.47. The molecule has 7 rings (SSSR count). The molecule has 0 spiro atoms. The van der Waals surface area contributed by atoms with Crippen LogP contribution in [0.2, 0.25) is 5.02 Å². The SMILES string of the molecule is O=C(O)[C@H]1C2CCC(CC2)[C@@H]1Nc1nc(-c2c[nH]c3ncc(Cl)cc23)nn2ccc(F)c12. The molecule has 2 atom stereocenters. The monoisotopic (exact) mass is 454 g/mol. The Morgan fingerprint density at radius 1 is 1.28 bits per heavy atom. The number of nitrogens with one attached hydrogen (secondary N) is 2. The lowest BCUT2D eigenvalue weighted by molar-refractivity contribution is -0.148. The topological polar surface area (TPSA) is 108 Å². The molecule has 3 saturated carbocycles. The van der Waals surface area contributed by atoms with Crippen LogP contribution in [0.4, 0.5) is 10.2 Å². The van der Waals surface area contributed by atoms with Crippen molar-refractivity contribution in [3.63, 3.8) is 0 Å². The molecule has 164 valence electrons. The van der Waals surface area contributed by atoms with Gasteiger partial charge in [0, 0.05) is 35.6 Å². The van der Waals surface area contributed by atoms with Gasteiger partial charge in [0.1, 0.15) is 11.2 Å². The average molecular weight is 455 g/mol. The number of hydrogen-bond acceptors (Lipinski definition) is 5. The molecular weight excluding hydrogens is 435 g/mol. The van der Waals surface area contributed by atoms with E-state index in [2.05, 4.69) is 25.4 Å². The molecule has 3 N–H and O–H groups in total. The summed E-state index contributed by atoms with van der Waals surface area (Å²) in [5.41, 5.74) is 1.51. The molecule has 4 aromatic rings. The zero-order valence-corrected chi connectivity index (χ0v) is 17.7. The van der Waals surface area contributed by atoms with Crippen LogP contribution >= 0.6 is 11.6 Å². The highest BCUT2D eigenvalue weighted by atomic mass is 35.5. The van der Waals surface area contributed by atoms with E-state index < -0.39 is 17.7 Å². The van der Waals surface area contributed by atoms with E-state index in [4.69, 9.17) is 11.6 Å². The van der Waals surface area contributed by atoms with Crippen LogP contribution in [-0.4, -0.2) is 41.7 Å². The van der Waals surface area contributed by atoms with E-state index in [-0.39, 0.29) is 23.4 Å². The molecule has 0 amide bonds. The molecular formula is C22H20ClFN6O2. The van der Waals surface area contributed by atoms with Crippen molar-refractivity contribution in [1.29, 1.82) is 0 Å². The Bertz CT molecular complexity index is 1360. The number of H-pyrrole nitrogens is 1. The summed E-state index contributed by atoms with van der Waals surface area (Å²) in [6.45, 7) is 0. The van der Waals surface area contributed by atoms with E-state index >= 15 is 0 Å². The third kappa shape index (κ3) is 2.95. The largest absolute Gasteiger partial charge is 0.481 e. The van der Waals surface area contributed by atoms with Gasteiger partial charge in [0.2, 0.25) is 0 Å². The second kappa shape index (κ2) is 7.16. The molecule has 0 aromatic carbocycles. The minimum atomic E-state index is -0.810.